The minimum absolute atomic E-state index is 0.0920. The molecule has 1 amide bonds. The van der Waals surface area contributed by atoms with Crippen LogP contribution in [0.4, 0.5) is 0 Å². The topological polar surface area (TPSA) is 63.1 Å². The Morgan fingerprint density at radius 1 is 1.07 bits per heavy atom. The van der Waals surface area contributed by atoms with Gasteiger partial charge in [-0.2, -0.15) is 0 Å². The van der Waals surface area contributed by atoms with Gasteiger partial charge in [-0.1, -0.05) is 65.9 Å². The smallest absolute Gasteiger partial charge is 0.224 e. The van der Waals surface area contributed by atoms with E-state index < -0.39 is 0 Å². The zero-order valence-electron chi connectivity index (χ0n) is 17.0. The van der Waals surface area contributed by atoms with Crippen LogP contribution < -0.4 is 5.32 Å². The first-order valence-electron chi connectivity index (χ1n) is 10.8. The molecule has 0 spiro atoms. The lowest BCUT2D eigenvalue weighted by Crippen LogP contribution is -2.57. The molecule has 2 bridgehead atoms. The number of fused-ring (bicyclic) bond motifs is 3. The van der Waals surface area contributed by atoms with Crippen molar-refractivity contribution in [3.05, 3.63) is 72.4 Å². The summed E-state index contributed by atoms with van der Waals surface area (Å²) >= 11 is 0. The van der Waals surface area contributed by atoms with E-state index in [1.54, 1.807) is 0 Å². The van der Waals surface area contributed by atoms with Crippen LogP contribution in [0.15, 0.2) is 66.9 Å². The maximum absolute atomic E-state index is 12.8. The maximum Gasteiger partial charge on any atom is 0.224 e. The van der Waals surface area contributed by atoms with Crippen molar-refractivity contribution < 1.29 is 4.79 Å². The standard InChI is InChI=1S/C24H27N5O/c30-24(25-14-18-7-3-1-4-8-18)22-16-28-12-11-20(22)13-21(28)15-29-17-23(26-27-29)19-9-5-2-6-10-19/h1-10,17,20-22H,11-16H2,(H,25,30). The van der Waals surface area contributed by atoms with Gasteiger partial charge in [-0.3, -0.25) is 14.4 Å². The average Bonchev–Trinajstić information content (AvgIpc) is 3.28. The quantitative estimate of drug-likeness (QED) is 0.690. The van der Waals surface area contributed by atoms with Crippen LogP contribution >= 0.6 is 0 Å². The first-order chi connectivity index (χ1) is 14.8. The van der Waals surface area contributed by atoms with Crippen LogP contribution in [0.2, 0.25) is 0 Å². The molecule has 1 aromatic heterocycles. The SMILES string of the molecule is O=C(NCc1ccccc1)C1CN2CCC1CC2Cn1cc(-c2ccccc2)nn1. The second-order valence-electron chi connectivity index (χ2n) is 8.43. The molecule has 3 saturated heterocycles. The van der Waals surface area contributed by atoms with Crippen molar-refractivity contribution in [1.82, 2.24) is 25.2 Å². The molecule has 3 aromatic rings. The van der Waals surface area contributed by atoms with Crippen LogP contribution in [0, 0.1) is 11.8 Å². The van der Waals surface area contributed by atoms with Crippen molar-refractivity contribution in [2.24, 2.45) is 11.8 Å². The second-order valence-corrected chi connectivity index (χ2v) is 8.43. The average molecular weight is 402 g/mol. The van der Waals surface area contributed by atoms with Crippen molar-refractivity contribution in [2.45, 2.75) is 32.0 Å². The highest BCUT2D eigenvalue weighted by molar-refractivity contribution is 5.79. The van der Waals surface area contributed by atoms with E-state index in [1.165, 1.54) is 0 Å². The van der Waals surface area contributed by atoms with Crippen LogP contribution in [0.25, 0.3) is 11.3 Å². The maximum atomic E-state index is 12.8. The van der Waals surface area contributed by atoms with Crippen LogP contribution in [-0.2, 0) is 17.9 Å². The predicted molar refractivity (Wildman–Crippen MR) is 115 cm³/mol. The molecule has 3 aliphatic rings. The summed E-state index contributed by atoms with van der Waals surface area (Å²) in [4.78, 5) is 15.3. The zero-order chi connectivity index (χ0) is 20.3. The third-order valence-corrected chi connectivity index (χ3v) is 6.53. The van der Waals surface area contributed by atoms with E-state index >= 15 is 0 Å². The van der Waals surface area contributed by atoms with Crippen LogP contribution in [0.5, 0.6) is 0 Å². The number of hydrogen-bond acceptors (Lipinski definition) is 4. The van der Waals surface area contributed by atoms with Gasteiger partial charge in [-0.05, 0) is 30.9 Å². The third-order valence-electron chi connectivity index (χ3n) is 6.53. The molecule has 4 unspecified atom stereocenters. The molecule has 4 heterocycles. The van der Waals surface area contributed by atoms with Crippen molar-refractivity contribution >= 4 is 5.91 Å². The number of amides is 1. The normalized spacial score (nSPS) is 25.2. The molecule has 6 rings (SSSR count). The van der Waals surface area contributed by atoms with E-state index in [-0.39, 0.29) is 11.8 Å². The number of nitrogens with one attached hydrogen (secondary N) is 1. The van der Waals surface area contributed by atoms with Crippen molar-refractivity contribution in [3.63, 3.8) is 0 Å². The molecule has 4 atom stereocenters. The number of benzene rings is 2. The number of aromatic nitrogens is 3. The Morgan fingerprint density at radius 3 is 2.57 bits per heavy atom. The fourth-order valence-electron chi connectivity index (χ4n) is 4.89. The number of rotatable bonds is 6. The Kier molecular flexibility index (Phi) is 5.32. The number of hydrogen-bond donors (Lipinski definition) is 1. The molecule has 6 heteroatoms. The Bertz CT molecular complexity index is 987. The summed E-state index contributed by atoms with van der Waals surface area (Å²) in [5.41, 5.74) is 3.14. The predicted octanol–water partition coefficient (Wildman–Crippen LogP) is 2.97. The highest BCUT2D eigenvalue weighted by Gasteiger charge is 2.43. The number of nitrogens with zero attached hydrogens (tertiary/aromatic N) is 4. The zero-order valence-corrected chi connectivity index (χ0v) is 17.0. The number of piperidine rings is 3. The van der Waals surface area contributed by atoms with Crippen LogP contribution in [0.1, 0.15) is 18.4 Å². The van der Waals surface area contributed by atoms with Crippen molar-refractivity contribution in [1.29, 1.82) is 0 Å². The number of carbonyl (C=O) groups is 1. The van der Waals surface area contributed by atoms with Gasteiger partial charge in [-0.25, -0.2) is 0 Å². The Morgan fingerprint density at radius 2 is 1.83 bits per heavy atom. The van der Waals surface area contributed by atoms with Crippen LogP contribution in [-0.4, -0.2) is 44.9 Å². The van der Waals surface area contributed by atoms with Crippen molar-refractivity contribution in [2.75, 3.05) is 13.1 Å². The molecule has 0 radical (unpaired) electrons. The van der Waals surface area contributed by atoms with Gasteiger partial charge in [0.05, 0.1) is 18.7 Å². The van der Waals surface area contributed by atoms with E-state index in [0.29, 0.717) is 18.5 Å². The Labute approximate surface area is 176 Å². The van der Waals surface area contributed by atoms with E-state index in [9.17, 15) is 4.79 Å². The van der Waals surface area contributed by atoms with Gasteiger partial charge in [0.2, 0.25) is 5.91 Å². The lowest BCUT2D eigenvalue weighted by molar-refractivity contribution is -0.133. The van der Waals surface area contributed by atoms with Gasteiger partial charge in [-0.15, -0.1) is 5.10 Å². The monoisotopic (exact) mass is 401 g/mol. The lowest BCUT2D eigenvalue weighted by atomic mass is 9.75. The number of carbonyl (C=O) groups excluding carboxylic acids is 1. The van der Waals surface area contributed by atoms with Crippen molar-refractivity contribution in [3.8, 4) is 11.3 Å². The molecule has 0 saturated carbocycles. The molecule has 2 aromatic carbocycles. The fraction of sp³-hybridized carbons (Fsp3) is 0.375. The first-order valence-corrected chi connectivity index (χ1v) is 10.8. The van der Waals surface area contributed by atoms with E-state index in [0.717, 1.165) is 49.3 Å². The third kappa shape index (κ3) is 4.00. The summed E-state index contributed by atoms with van der Waals surface area (Å²) < 4.78 is 1.96. The summed E-state index contributed by atoms with van der Waals surface area (Å²) in [7, 11) is 0. The van der Waals surface area contributed by atoms with Gasteiger partial charge in [0.1, 0.15) is 5.69 Å². The summed E-state index contributed by atoms with van der Waals surface area (Å²) in [6.07, 6.45) is 4.18. The van der Waals surface area contributed by atoms with Gasteiger partial charge in [0.15, 0.2) is 0 Å². The summed E-state index contributed by atoms with van der Waals surface area (Å²) in [6, 6.07) is 20.7. The molecule has 6 nitrogen and oxygen atoms in total. The fourth-order valence-corrected chi connectivity index (χ4v) is 4.89. The minimum atomic E-state index is 0.0920. The largest absolute Gasteiger partial charge is 0.352 e. The minimum Gasteiger partial charge on any atom is -0.352 e. The van der Waals surface area contributed by atoms with Gasteiger partial charge in [0, 0.05) is 24.7 Å². The molecular weight excluding hydrogens is 374 g/mol. The highest BCUT2D eigenvalue weighted by atomic mass is 16.1. The lowest BCUT2D eigenvalue weighted by Gasteiger charge is -2.49. The van der Waals surface area contributed by atoms with Gasteiger partial charge >= 0.3 is 0 Å². The van der Waals surface area contributed by atoms with Crippen LogP contribution in [0.3, 0.4) is 0 Å². The Balaban J connectivity index is 1.19. The molecule has 0 aliphatic carbocycles. The van der Waals surface area contributed by atoms with Gasteiger partial charge in [0.25, 0.3) is 0 Å². The summed E-state index contributed by atoms with van der Waals surface area (Å²) in [5.74, 6) is 0.737. The molecule has 3 aliphatic heterocycles. The first kappa shape index (κ1) is 19.0. The second kappa shape index (κ2) is 8.40. The van der Waals surface area contributed by atoms with E-state index in [4.69, 9.17) is 0 Å². The molecule has 154 valence electrons. The molecule has 30 heavy (non-hydrogen) atoms. The van der Waals surface area contributed by atoms with Gasteiger partial charge < -0.3 is 5.32 Å². The summed E-state index contributed by atoms with van der Waals surface area (Å²) in [5, 5.41) is 11.8. The molecular formula is C24H27N5O. The van der Waals surface area contributed by atoms with E-state index in [1.807, 2.05) is 47.3 Å². The molecule has 1 N–H and O–H groups in total. The highest BCUT2D eigenvalue weighted by Crippen LogP contribution is 2.37. The Hall–Kier alpha value is -2.99. The van der Waals surface area contributed by atoms with E-state index in [2.05, 4.69) is 44.8 Å². The molecule has 3 fully saturated rings. The summed E-state index contributed by atoms with van der Waals surface area (Å²) in [6.45, 7) is 3.34.